The van der Waals surface area contributed by atoms with Crippen LogP contribution in [0.15, 0.2) is 12.1 Å². The minimum absolute atomic E-state index is 0.0326. The number of nitrogens with zero attached hydrogens (tertiary/aromatic N) is 1. The lowest BCUT2D eigenvalue weighted by Crippen LogP contribution is -2.35. The van der Waals surface area contributed by atoms with Crippen molar-refractivity contribution >= 4 is 5.97 Å². The van der Waals surface area contributed by atoms with Gasteiger partial charge >= 0.3 is 5.97 Å². The zero-order valence-corrected chi connectivity index (χ0v) is 13.2. The van der Waals surface area contributed by atoms with E-state index in [9.17, 15) is 4.79 Å². The van der Waals surface area contributed by atoms with E-state index in [-0.39, 0.29) is 12.6 Å². The Labute approximate surface area is 125 Å². The maximum Gasteiger partial charge on any atom is 0.317 e. The number of hydrogen-bond acceptors (Lipinski definition) is 5. The van der Waals surface area contributed by atoms with E-state index in [1.165, 1.54) is 0 Å². The molecule has 0 aliphatic heterocycles. The van der Waals surface area contributed by atoms with Gasteiger partial charge in [0.2, 0.25) is 0 Å². The maximum absolute atomic E-state index is 11.0. The highest BCUT2D eigenvalue weighted by Gasteiger charge is 2.18. The standard InChI is InChI=1S/C15H23NO5/c1-10(2)16(9-15(17)18)8-11-6-13(20-4)14(21-5)7-12(11)19-3/h6-7,10H,8-9H2,1-5H3,(H,17,18). The highest BCUT2D eigenvalue weighted by Crippen LogP contribution is 2.35. The molecule has 0 aliphatic carbocycles. The van der Waals surface area contributed by atoms with E-state index in [2.05, 4.69) is 0 Å². The molecule has 1 N–H and O–H groups in total. The van der Waals surface area contributed by atoms with Gasteiger partial charge in [-0.15, -0.1) is 0 Å². The van der Waals surface area contributed by atoms with Gasteiger partial charge in [0.05, 0.1) is 27.9 Å². The summed E-state index contributed by atoms with van der Waals surface area (Å²) in [6.45, 7) is 4.33. The van der Waals surface area contributed by atoms with E-state index >= 15 is 0 Å². The Morgan fingerprint density at radius 3 is 2.05 bits per heavy atom. The predicted molar refractivity (Wildman–Crippen MR) is 79.3 cm³/mol. The van der Waals surface area contributed by atoms with Crippen LogP contribution in [0.1, 0.15) is 19.4 Å². The van der Waals surface area contributed by atoms with Gasteiger partial charge in [-0.2, -0.15) is 0 Å². The molecule has 6 heteroatoms. The van der Waals surface area contributed by atoms with Gasteiger partial charge in [-0.3, -0.25) is 9.69 Å². The number of carbonyl (C=O) groups is 1. The number of ether oxygens (including phenoxy) is 3. The molecule has 0 heterocycles. The molecular formula is C15H23NO5. The highest BCUT2D eigenvalue weighted by molar-refractivity contribution is 5.69. The fourth-order valence-corrected chi connectivity index (χ4v) is 2.03. The molecule has 0 atom stereocenters. The second-order valence-corrected chi connectivity index (χ2v) is 4.91. The quantitative estimate of drug-likeness (QED) is 0.791. The number of methoxy groups -OCH3 is 3. The van der Waals surface area contributed by atoms with Crippen molar-refractivity contribution in [1.82, 2.24) is 4.90 Å². The lowest BCUT2D eigenvalue weighted by Gasteiger charge is -2.25. The van der Waals surface area contributed by atoms with Crippen molar-refractivity contribution in [2.75, 3.05) is 27.9 Å². The number of rotatable bonds is 8. The average molecular weight is 297 g/mol. The normalized spacial score (nSPS) is 10.8. The van der Waals surface area contributed by atoms with Crippen LogP contribution in [0, 0.1) is 0 Å². The summed E-state index contributed by atoms with van der Waals surface area (Å²) in [4.78, 5) is 12.8. The number of benzene rings is 1. The zero-order valence-electron chi connectivity index (χ0n) is 13.2. The summed E-state index contributed by atoms with van der Waals surface area (Å²) in [7, 11) is 4.69. The third-order valence-electron chi connectivity index (χ3n) is 3.23. The molecule has 0 radical (unpaired) electrons. The van der Waals surface area contributed by atoms with Crippen molar-refractivity contribution < 1.29 is 24.1 Å². The Morgan fingerprint density at radius 1 is 1.10 bits per heavy atom. The van der Waals surface area contributed by atoms with Crippen LogP contribution in [0.5, 0.6) is 17.2 Å². The molecule has 0 spiro atoms. The first-order valence-electron chi connectivity index (χ1n) is 6.67. The van der Waals surface area contributed by atoms with Crippen molar-refractivity contribution in [3.05, 3.63) is 17.7 Å². The molecule has 0 fully saturated rings. The first-order chi connectivity index (χ1) is 9.92. The molecule has 0 amide bonds. The molecule has 1 aromatic rings. The SMILES string of the molecule is COc1cc(OC)c(OC)cc1CN(CC(=O)O)C(C)C. The van der Waals surface area contributed by atoms with Gasteiger partial charge in [-0.25, -0.2) is 0 Å². The van der Waals surface area contributed by atoms with Crippen LogP contribution < -0.4 is 14.2 Å². The molecule has 6 nitrogen and oxygen atoms in total. The van der Waals surface area contributed by atoms with Crippen molar-refractivity contribution in [2.45, 2.75) is 26.4 Å². The van der Waals surface area contributed by atoms with Gasteiger partial charge in [0.25, 0.3) is 0 Å². The first kappa shape index (κ1) is 17.1. The predicted octanol–water partition coefficient (Wildman–Crippen LogP) is 2.01. The monoisotopic (exact) mass is 297 g/mol. The second kappa shape index (κ2) is 7.73. The Kier molecular flexibility index (Phi) is 6.30. The Balaban J connectivity index is 3.12. The van der Waals surface area contributed by atoms with Gasteiger partial charge < -0.3 is 19.3 Å². The second-order valence-electron chi connectivity index (χ2n) is 4.91. The molecule has 0 aromatic heterocycles. The summed E-state index contributed by atoms with van der Waals surface area (Å²) in [6, 6.07) is 3.65. The zero-order chi connectivity index (χ0) is 16.0. The van der Waals surface area contributed by atoms with E-state index < -0.39 is 5.97 Å². The Bertz CT molecular complexity index is 487. The minimum atomic E-state index is -0.858. The van der Waals surface area contributed by atoms with Gasteiger partial charge in [0.15, 0.2) is 11.5 Å². The molecular weight excluding hydrogens is 274 g/mol. The van der Waals surface area contributed by atoms with E-state index in [4.69, 9.17) is 19.3 Å². The van der Waals surface area contributed by atoms with Crippen LogP contribution >= 0.6 is 0 Å². The van der Waals surface area contributed by atoms with Crippen molar-refractivity contribution in [1.29, 1.82) is 0 Å². The van der Waals surface area contributed by atoms with Gasteiger partial charge in [0.1, 0.15) is 5.75 Å². The third kappa shape index (κ3) is 4.53. The summed E-state index contributed by atoms with van der Waals surface area (Å²) in [5.41, 5.74) is 0.852. The lowest BCUT2D eigenvalue weighted by molar-refractivity contribution is -0.138. The van der Waals surface area contributed by atoms with Crippen molar-refractivity contribution in [3.63, 3.8) is 0 Å². The lowest BCUT2D eigenvalue weighted by atomic mass is 10.1. The van der Waals surface area contributed by atoms with E-state index in [0.29, 0.717) is 23.8 Å². The highest BCUT2D eigenvalue weighted by atomic mass is 16.5. The molecule has 1 aromatic carbocycles. The summed E-state index contributed by atoms with van der Waals surface area (Å²) in [5, 5.41) is 9.00. The average Bonchev–Trinajstić information content (AvgIpc) is 2.45. The molecule has 1 rings (SSSR count). The van der Waals surface area contributed by atoms with Crippen molar-refractivity contribution in [3.8, 4) is 17.2 Å². The van der Waals surface area contributed by atoms with Crippen LogP contribution in [-0.2, 0) is 11.3 Å². The molecule has 0 bridgehead atoms. The van der Waals surface area contributed by atoms with Crippen LogP contribution in [0.4, 0.5) is 0 Å². The van der Waals surface area contributed by atoms with Crippen LogP contribution in [0.25, 0.3) is 0 Å². The number of aliphatic carboxylic acids is 1. The van der Waals surface area contributed by atoms with Crippen LogP contribution in [0.3, 0.4) is 0 Å². The Hall–Kier alpha value is -1.95. The summed E-state index contributed by atoms with van der Waals surface area (Å²) in [5.74, 6) is 0.951. The number of carboxylic acid groups (broad SMARTS) is 1. The summed E-state index contributed by atoms with van der Waals surface area (Å²) < 4.78 is 15.9. The van der Waals surface area contributed by atoms with Gasteiger partial charge in [-0.1, -0.05) is 0 Å². The summed E-state index contributed by atoms with van der Waals surface area (Å²) in [6.07, 6.45) is 0. The molecule has 0 unspecified atom stereocenters. The topological polar surface area (TPSA) is 68.2 Å². The van der Waals surface area contributed by atoms with Crippen LogP contribution in [0.2, 0.25) is 0 Å². The fourth-order valence-electron chi connectivity index (χ4n) is 2.03. The fraction of sp³-hybridized carbons (Fsp3) is 0.533. The molecule has 0 aliphatic rings. The number of carboxylic acids is 1. The van der Waals surface area contributed by atoms with E-state index in [1.807, 2.05) is 24.8 Å². The van der Waals surface area contributed by atoms with E-state index in [0.717, 1.165) is 5.56 Å². The first-order valence-corrected chi connectivity index (χ1v) is 6.67. The Morgan fingerprint density at radius 2 is 1.62 bits per heavy atom. The molecule has 118 valence electrons. The largest absolute Gasteiger partial charge is 0.496 e. The molecule has 21 heavy (non-hydrogen) atoms. The number of hydrogen-bond donors (Lipinski definition) is 1. The summed E-state index contributed by atoms with van der Waals surface area (Å²) >= 11 is 0. The van der Waals surface area contributed by atoms with Gasteiger partial charge in [0, 0.05) is 24.2 Å². The van der Waals surface area contributed by atoms with Crippen LogP contribution in [-0.4, -0.2) is 49.9 Å². The van der Waals surface area contributed by atoms with Gasteiger partial charge in [-0.05, 0) is 19.9 Å². The maximum atomic E-state index is 11.0. The molecule has 0 saturated heterocycles. The smallest absolute Gasteiger partial charge is 0.317 e. The van der Waals surface area contributed by atoms with E-state index in [1.54, 1.807) is 27.4 Å². The third-order valence-corrected chi connectivity index (χ3v) is 3.23. The minimum Gasteiger partial charge on any atom is -0.496 e. The molecule has 0 saturated carbocycles. The van der Waals surface area contributed by atoms with Crippen molar-refractivity contribution in [2.24, 2.45) is 0 Å².